The summed E-state index contributed by atoms with van der Waals surface area (Å²) in [4.78, 5) is 46.5. The van der Waals surface area contributed by atoms with Gasteiger partial charge in [0.15, 0.2) is 0 Å². The first-order valence-electron chi connectivity index (χ1n) is 12.3. The van der Waals surface area contributed by atoms with Crippen molar-refractivity contribution in [3.05, 3.63) is 95.9 Å². The van der Waals surface area contributed by atoms with E-state index in [-0.39, 0.29) is 25.7 Å². The summed E-state index contributed by atoms with van der Waals surface area (Å²) in [6.07, 6.45) is 0. The highest BCUT2D eigenvalue weighted by atomic mass is 32.1. The van der Waals surface area contributed by atoms with Gasteiger partial charge in [0.05, 0.1) is 24.5 Å². The maximum absolute atomic E-state index is 13.8. The highest BCUT2D eigenvalue weighted by Crippen LogP contribution is 2.29. The van der Waals surface area contributed by atoms with E-state index in [1.54, 1.807) is 23.3 Å². The molecule has 1 aliphatic rings. The molecule has 1 N–H and O–H groups in total. The number of hydrogen-bond donors (Lipinski definition) is 1. The number of carboxylic acid groups (broad SMARTS) is 1. The molecule has 4 amide bonds. The predicted molar refractivity (Wildman–Crippen MR) is 149 cm³/mol. The number of para-hydroxylation sites is 2. The van der Waals surface area contributed by atoms with E-state index in [0.29, 0.717) is 17.9 Å². The maximum Gasteiger partial charge on any atom is 0.329 e. The summed E-state index contributed by atoms with van der Waals surface area (Å²) in [5.41, 5.74) is 1.27. The van der Waals surface area contributed by atoms with Gasteiger partial charge < -0.3 is 19.8 Å². The van der Waals surface area contributed by atoms with Crippen molar-refractivity contribution in [3.63, 3.8) is 0 Å². The number of aliphatic carboxylic acids is 1. The first-order valence-corrected chi connectivity index (χ1v) is 13.1. The molecule has 0 saturated carbocycles. The van der Waals surface area contributed by atoms with Crippen molar-refractivity contribution >= 4 is 50.8 Å². The van der Waals surface area contributed by atoms with Crippen LogP contribution in [-0.2, 0) is 11.3 Å². The molecule has 9 heteroatoms. The molecular formula is C29H28N4O4S. The fourth-order valence-corrected chi connectivity index (χ4v) is 5.83. The third kappa shape index (κ3) is 5.19. The molecule has 5 rings (SSSR count). The molecule has 38 heavy (non-hydrogen) atoms. The molecule has 0 spiro atoms. The van der Waals surface area contributed by atoms with Gasteiger partial charge in [-0.3, -0.25) is 4.90 Å². The lowest BCUT2D eigenvalue weighted by Gasteiger charge is -2.42. The second-order valence-electron chi connectivity index (χ2n) is 9.17. The van der Waals surface area contributed by atoms with Crippen LogP contribution in [-0.4, -0.2) is 70.6 Å². The van der Waals surface area contributed by atoms with Gasteiger partial charge in [-0.25, -0.2) is 14.4 Å². The van der Waals surface area contributed by atoms with Gasteiger partial charge in [-0.05, 0) is 41.8 Å². The topological polar surface area (TPSA) is 84.4 Å². The van der Waals surface area contributed by atoms with E-state index in [9.17, 15) is 19.5 Å². The number of amides is 4. The van der Waals surface area contributed by atoms with E-state index in [1.165, 1.54) is 14.7 Å². The zero-order valence-corrected chi connectivity index (χ0v) is 21.8. The number of nitrogens with zero attached hydrogens (tertiary/aromatic N) is 4. The minimum Gasteiger partial charge on any atom is -0.480 e. The number of anilines is 2. The minimum absolute atomic E-state index is 0.0892. The van der Waals surface area contributed by atoms with E-state index in [2.05, 4.69) is 6.07 Å². The van der Waals surface area contributed by atoms with E-state index < -0.39 is 18.0 Å². The van der Waals surface area contributed by atoms with Gasteiger partial charge >= 0.3 is 18.0 Å². The van der Waals surface area contributed by atoms with Crippen molar-refractivity contribution in [2.75, 3.05) is 31.6 Å². The highest BCUT2D eigenvalue weighted by Gasteiger charge is 2.40. The quantitative estimate of drug-likeness (QED) is 0.372. The fraction of sp³-hybridized carbons (Fsp3) is 0.207. The second-order valence-corrected chi connectivity index (χ2v) is 10.3. The second kappa shape index (κ2) is 10.9. The van der Waals surface area contributed by atoms with Crippen molar-refractivity contribution in [3.8, 4) is 0 Å². The van der Waals surface area contributed by atoms with E-state index in [0.717, 1.165) is 15.0 Å². The molecule has 2 heterocycles. The SMILES string of the molecule is CN(Cc1cc2ccccc2s1)C(=O)N1CCN(C(=O)N(c2ccccc2)c2ccccc2)[C@H](C(=O)O)C1. The van der Waals surface area contributed by atoms with Crippen LogP contribution in [0.1, 0.15) is 4.88 Å². The molecule has 0 unspecified atom stereocenters. The van der Waals surface area contributed by atoms with Crippen molar-refractivity contribution in [2.24, 2.45) is 0 Å². The third-order valence-electron chi connectivity index (χ3n) is 6.60. The Morgan fingerprint density at radius 2 is 1.47 bits per heavy atom. The Balaban J connectivity index is 1.33. The summed E-state index contributed by atoms with van der Waals surface area (Å²) in [5.74, 6) is -1.15. The molecule has 0 radical (unpaired) electrons. The summed E-state index contributed by atoms with van der Waals surface area (Å²) < 4.78 is 1.16. The standard InChI is InChI=1S/C29H28N4O4S/c1-30(19-24-18-21-10-8-9-15-26(21)38-24)28(36)31-16-17-32(25(20-31)27(34)35)29(37)33(22-11-4-2-5-12-22)23-13-6-3-7-14-23/h2-15,18,25H,16-17,19-20H2,1H3,(H,34,35)/t25-/m0/s1. The number of benzene rings is 3. The number of fused-ring (bicyclic) bond motifs is 1. The molecule has 1 fully saturated rings. The van der Waals surface area contributed by atoms with Crippen molar-refractivity contribution in [1.29, 1.82) is 0 Å². The largest absolute Gasteiger partial charge is 0.480 e. The summed E-state index contributed by atoms with van der Waals surface area (Å²) in [6, 6.07) is 26.5. The van der Waals surface area contributed by atoms with Gasteiger partial charge in [0.25, 0.3) is 0 Å². The first-order chi connectivity index (χ1) is 18.4. The number of thiophene rings is 1. The number of hydrogen-bond acceptors (Lipinski definition) is 4. The van der Waals surface area contributed by atoms with Gasteiger partial charge in [0.1, 0.15) is 6.04 Å². The van der Waals surface area contributed by atoms with Gasteiger partial charge in [0, 0.05) is 29.7 Å². The third-order valence-corrected chi connectivity index (χ3v) is 7.70. The Hall–Kier alpha value is -4.37. The molecule has 0 aliphatic carbocycles. The zero-order chi connectivity index (χ0) is 26.6. The van der Waals surface area contributed by atoms with Crippen LogP contribution in [0, 0.1) is 0 Å². The van der Waals surface area contributed by atoms with Crippen LogP contribution in [0.2, 0.25) is 0 Å². The summed E-state index contributed by atoms with van der Waals surface area (Å²) in [6.45, 7) is 0.676. The summed E-state index contributed by atoms with van der Waals surface area (Å²) >= 11 is 1.63. The van der Waals surface area contributed by atoms with Crippen LogP contribution in [0.25, 0.3) is 10.1 Å². The molecule has 0 bridgehead atoms. The molecule has 1 atom stereocenters. The normalized spacial score (nSPS) is 15.3. The van der Waals surface area contributed by atoms with Gasteiger partial charge in [-0.15, -0.1) is 11.3 Å². The molecule has 3 aromatic carbocycles. The Kier molecular flexibility index (Phi) is 7.28. The van der Waals surface area contributed by atoms with Crippen LogP contribution >= 0.6 is 11.3 Å². The molecule has 1 saturated heterocycles. The zero-order valence-electron chi connectivity index (χ0n) is 20.9. The average Bonchev–Trinajstić information content (AvgIpc) is 3.36. The van der Waals surface area contributed by atoms with Gasteiger partial charge in [-0.1, -0.05) is 54.6 Å². The van der Waals surface area contributed by atoms with Crippen LogP contribution in [0.4, 0.5) is 21.0 Å². The first kappa shape index (κ1) is 25.3. The number of carbonyl (C=O) groups excluding carboxylic acids is 2. The molecule has 1 aliphatic heterocycles. The Labute approximate surface area is 224 Å². The lowest BCUT2D eigenvalue weighted by atomic mass is 10.1. The minimum atomic E-state index is -1.17. The lowest BCUT2D eigenvalue weighted by molar-refractivity contribution is -0.143. The van der Waals surface area contributed by atoms with E-state index >= 15 is 0 Å². The van der Waals surface area contributed by atoms with Crippen LogP contribution < -0.4 is 4.90 Å². The number of piperazine rings is 1. The number of carboxylic acids is 1. The summed E-state index contributed by atoms with van der Waals surface area (Å²) in [7, 11) is 1.71. The van der Waals surface area contributed by atoms with Gasteiger partial charge in [0.2, 0.25) is 0 Å². The number of urea groups is 2. The van der Waals surface area contributed by atoms with Crippen molar-refractivity contribution in [1.82, 2.24) is 14.7 Å². The van der Waals surface area contributed by atoms with E-state index in [4.69, 9.17) is 0 Å². The molecule has 1 aromatic heterocycles. The molecule has 194 valence electrons. The van der Waals surface area contributed by atoms with Gasteiger partial charge in [-0.2, -0.15) is 0 Å². The Bertz CT molecular complexity index is 1370. The summed E-state index contributed by atoms with van der Waals surface area (Å²) in [5, 5.41) is 11.2. The van der Waals surface area contributed by atoms with Crippen LogP contribution in [0.3, 0.4) is 0 Å². The van der Waals surface area contributed by atoms with Crippen molar-refractivity contribution in [2.45, 2.75) is 12.6 Å². The fourth-order valence-electron chi connectivity index (χ4n) is 4.71. The van der Waals surface area contributed by atoms with Crippen molar-refractivity contribution < 1.29 is 19.5 Å². The molecule has 8 nitrogen and oxygen atoms in total. The van der Waals surface area contributed by atoms with Crippen LogP contribution in [0.5, 0.6) is 0 Å². The number of rotatable bonds is 5. The monoisotopic (exact) mass is 528 g/mol. The maximum atomic E-state index is 13.8. The molecule has 4 aromatic rings. The number of carbonyl (C=O) groups is 3. The Morgan fingerprint density at radius 1 is 0.868 bits per heavy atom. The smallest absolute Gasteiger partial charge is 0.329 e. The Morgan fingerprint density at radius 3 is 2.08 bits per heavy atom. The highest BCUT2D eigenvalue weighted by molar-refractivity contribution is 7.19. The molecular weight excluding hydrogens is 500 g/mol. The average molecular weight is 529 g/mol. The van der Waals surface area contributed by atoms with Crippen LogP contribution in [0.15, 0.2) is 91.0 Å². The van der Waals surface area contributed by atoms with E-state index in [1.807, 2.05) is 84.9 Å². The predicted octanol–water partition coefficient (Wildman–Crippen LogP) is 5.48. The lowest BCUT2D eigenvalue weighted by Crippen LogP contribution is -2.62.